The molecule has 0 fully saturated rings. The van der Waals surface area contributed by atoms with Crippen molar-refractivity contribution < 1.29 is 14.3 Å². The third-order valence-electron chi connectivity index (χ3n) is 2.07. The van der Waals surface area contributed by atoms with Gasteiger partial charge in [-0.15, -0.1) is 0 Å². The van der Waals surface area contributed by atoms with Gasteiger partial charge in [-0.3, -0.25) is 4.79 Å². The van der Waals surface area contributed by atoms with Crippen molar-refractivity contribution in [1.29, 1.82) is 0 Å². The molecule has 0 aliphatic carbocycles. The van der Waals surface area contributed by atoms with Crippen LogP contribution in [0.1, 0.15) is 10.5 Å². The van der Waals surface area contributed by atoms with E-state index in [9.17, 15) is 4.79 Å². The number of halogens is 1. The number of aromatic nitrogens is 1. The first-order chi connectivity index (χ1) is 7.67. The molecule has 1 rings (SSSR count). The van der Waals surface area contributed by atoms with Gasteiger partial charge in [0.15, 0.2) is 0 Å². The Labute approximate surface area is 103 Å². The third-order valence-corrected chi connectivity index (χ3v) is 2.53. The zero-order chi connectivity index (χ0) is 12.0. The van der Waals surface area contributed by atoms with E-state index in [4.69, 9.17) is 9.47 Å². The second-order valence-corrected chi connectivity index (χ2v) is 4.17. The summed E-state index contributed by atoms with van der Waals surface area (Å²) in [6.07, 6.45) is 1.57. The largest absolute Gasteiger partial charge is 0.382 e. The van der Waals surface area contributed by atoms with Crippen LogP contribution in [-0.2, 0) is 9.47 Å². The monoisotopic (exact) mass is 290 g/mol. The molecule has 0 aliphatic rings. The van der Waals surface area contributed by atoms with Crippen LogP contribution in [0.3, 0.4) is 0 Å². The van der Waals surface area contributed by atoms with Gasteiger partial charge in [0.1, 0.15) is 5.69 Å². The quantitative estimate of drug-likeness (QED) is 0.827. The van der Waals surface area contributed by atoms with E-state index in [0.29, 0.717) is 18.8 Å². The van der Waals surface area contributed by atoms with Gasteiger partial charge in [-0.25, -0.2) is 0 Å². The van der Waals surface area contributed by atoms with Crippen molar-refractivity contribution in [2.24, 2.45) is 0 Å². The van der Waals surface area contributed by atoms with Crippen LogP contribution in [0, 0.1) is 0 Å². The molecule has 1 atom stereocenters. The molecule has 16 heavy (non-hydrogen) atoms. The zero-order valence-corrected chi connectivity index (χ0v) is 10.8. The second kappa shape index (κ2) is 6.67. The summed E-state index contributed by atoms with van der Waals surface area (Å²) in [6.45, 7) is 0.866. The van der Waals surface area contributed by atoms with Crippen molar-refractivity contribution in [3.8, 4) is 0 Å². The standard InChI is InChI=1S/C10H15BrN2O3/c1-15-6-8(16-2)5-13-10(14)9-3-7(11)4-12-9/h3-4,8,12H,5-6H2,1-2H3,(H,13,14). The van der Waals surface area contributed by atoms with Gasteiger partial charge in [0.25, 0.3) is 5.91 Å². The number of nitrogens with one attached hydrogen (secondary N) is 2. The van der Waals surface area contributed by atoms with E-state index in [0.717, 1.165) is 4.47 Å². The van der Waals surface area contributed by atoms with Crippen LogP contribution in [0.5, 0.6) is 0 Å². The average molecular weight is 291 g/mol. The van der Waals surface area contributed by atoms with E-state index in [1.807, 2.05) is 0 Å². The number of aromatic amines is 1. The lowest BCUT2D eigenvalue weighted by Crippen LogP contribution is -2.35. The Hall–Kier alpha value is -0.850. The molecule has 0 saturated carbocycles. The number of ether oxygens (including phenoxy) is 2. The summed E-state index contributed by atoms with van der Waals surface area (Å²) in [5, 5.41) is 2.75. The van der Waals surface area contributed by atoms with Crippen molar-refractivity contribution >= 4 is 21.8 Å². The summed E-state index contributed by atoms with van der Waals surface area (Å²) in [5.74, 6) is -0.163. The summed E-state index contributed by atoms with van der Waals surface area (Å²) in [5.41, 5.74) is 0.513. The number of hydrogen-bond donors (Lipinski definition) is 2. The maximum atomic E-state index is 11.6. The Kier molecular flexibility index (Phi) is 5.51. The van der Waals surface area contributed by atoms with Crippen LogP contribution >= 0.6 is 15.9 Å². The number of carbonyl (C=O) groups is 1. The van der Waals surface area contributed by atoms with E-state index in [2.05, 4.69) is 26.2 Å². The van der Waals surface area contributed by atoms with Crippen LogP contribution in [-0.4, -0.2) is 44.4 Å². The Morgan fingerprint density at radius 1 is 1.62 bits per heavy atom. The summed E-state index contributed by atoms with van der Waals surface area (Å²) in [7, 11) is 3.18. The molecule has 0 spiro atoms. The number of hydrogen-bond acceptors (Lipinski definition) is 3. The average Bonchev–Trinajstić information content (AvgIpc) is 2.70. The number of methoxy groups -OCH3 is 2. The smallest absolute Gasteiger partial charge is 0.267 e. The minimum absolute atomic E-state index is 0.132. The normalized spacial score (nSPS) is 12.4. The summed E-state index contributed by atoms with van der Waals surface area (Å²) in [4.78, 5) is 14.5. The van der Waals surface area contributed by atoms with Crippen LogP contribution in [0.25, 0.3) is 0 Å². The zero-order valence-electron chi connectivity index (χ0n) is 9.25. The minimum atomic E-state index is -0.163. The summed E-state index contributed by atoms with van der Waals surface area (Å²) >= 11 is 3.26. The number of rotatable bonds is 6. The van der Waals surface area contributed by atoms with Gasteiger partial charge in [-0.1, -0.05) is 0 Å². The van der Waals surface area contributed by atoms with E-state index in [1.165, 1.54) is 0 Å². The highest BCUT2D eigenvalue weighted by Gasteiger charge is 2.11. The van der Waals surface area contributed by atoms with Crippen molar-refractivity contribution in [3.05, 3.63) is 22.4 Å². The van der Waals surface area contributed by atoms with Crippen molar-refractivity contribution in [2.45, 2.75) is 6.10 Å². The minimum Gasteiger partial charge on any atom is -0.382 e. The van der Waals surface area contributed by atoms with Crippen molar-refractivity contribution in [1.82, 2.24) is 10.3 Å². The predicted octanol–water partition coefficient (Wildman–Crippen LogP) is 1.17. The van der Waals surface area contributed by atoms with E-state index >= 15 is 0 Å². The molecule has 1 aromatic heterocycles. The van der Waals surface area contributed by atoms with Crippen molar-refractivity contribution in [3.63, 3.8) is 0 Å². The van der Waals surface area contributed by atoms with Crippen LogP contribution in [0.15, 0.2) is 16.7 Å². The lowest BCUT2D eigenvalue weighted by Gasteiger charge is -2.14. The van der Waals surface area contributed by atoms with Crippen LogP contribution in [0.4, 0.5) is 0 Å². The maximum Gasteiger partial charge on any atom is 0.267 e. The Balaban J connectivity index is 2.40. The molecule has 1 aromatic rings. The molecule has 1 heterocycles. The molecule has 0 radical (unpaired) electrons. The first-order valence-electron chi connectivity index (χ1n) is 4.81. The lowest BCUT2D eigenvalue weighted by atomic mass is 10.3. The predicted molar refractivity (Wildman–Crippen MR) is 63.5 cm³/mol. The van der Waals surface area contributed by atoms with Crippen LogP contribution < -0.4 is 5.32 Å². The third kappa shape index (κ3) is 3.96. The SMILES string of the molecule is COCC(CNC(=O)c1cc(Br)c[nH]1)OC. The van der Waals surface area contributed by atoms with Gasteiger partial charge in [-0.2, -0.15) is 0 Å². The lowest BCUT2D eigenvalue weighted by molar-refractivity contribution is 0.0285. The highest BCUT2D eigenvalue weighted by Crippen LogP contribution is 2.10. The molecule has 2 N–H and O–H groups in total. The van der Waals surface area contributed by atoms with Gasteiger partial charge in [-0.05, 0) is 22.0 Å². The van der Waals surface area contributed by atoms with E-state index < -0.39 is 0 Å². The topological polar surface area (TPSA) is 63.3 Å². The van der Waals surface area contributed by atoms with Gasteiger partial charge >= 0.3 is 0 Å². The fourth-order valence-corrected chi connectivity index (χ4v) is 1.54. The maximum absolute atomic E-state index is 11.6. The van der Waals surface area contributed by atoms with Crippen LogP contribution in [0.2, 0.25) is 0 Å². The van der Waals surface area contributed by atoms with E-state index in [1.54, 1.807) is 26.5 Å². The highest BCUT2D eigenvalue weighted by molar-refractivity contribution is 9.10. The highest BCUT2D eigenvalue weighted by atomic mass is 79.9. The molecule has 1 amide bonds. The second-order valence-electron chi connectivity index (χ2n) is 3.25. The fraction of sp³-hybridized carbons (Fsp3) is 0.500. The first-order valence-corrected chi connectivity index (χ1v) is 5.60. The fourth-order valence-electron chi connectivity index (χ4n) is 1.20. The molecule has 5 nitrogen and oxygen atoms in total. The molecule has 6 heteroatoms. The Bertz CT molecular complexity index is 341. The number of H-pyrrole nitrogens is 1. The van der Waals surface area contributed by atoms with Crippen molar-refractivity contribution in [2.75, 3.05) is 27.4 Å². The summed E-state index contributed by atoms with van der Waals surface area (Å²) < 4.78 is 10.9. The van der Waals surface area contributed by atoms with Gasteiger partial charge in [0.2, 0.25) is 0 Å². The summed E-state index contributed by atoms with van der Waals surface area (Å²) in [6, 6.07) is 1.72. The molecular formula is C10H15BrN2O3. The molecule has 0 bridgehead atoms. The molecule has 0 aliphatic heterocycles. The molecule has 90 valence electrons. The Morgan fingerprint density at radius 2 is 2.38 bits per heavy atom. The van der Waals surface area contributed by atoms with E-state index in [-0.39, 0.29) is 12.0 Å². The van der Waals surface area contributed by atoms with Gasteiger partial charge < -0.3 is 19.8 Å². The molecule has 0 saturated heterocycles. The molecule has 0 aromatic carbocycles. The van der Waals surface area contributed by atoms with Gasteiger partial charge in [0, 0.05) is 31.4 Å². The first kappa shape index (κ1) is 13.2. The Morgan fingerprint density at radius 3 is 2.88 bits per heavy atom. The molecule has 1 unspecified atom stereocenters. The number of amides is 1. The van der Waals surface area contributed by atoms with Gasteiger partial charge in [0.05, 0.1) is 12.7 Å². The number of carbonyl (C=O) groups excluding carboxylic acids is 1. The molecular weight excluding hydrogens is 276 g/mol.